The van der Waals surface area contributed by atoms with E-state index in [1.165, 1.54) is 0 Å². The molecule has 5 aromatic rings. The van der Waals surface area contributed by atoms with Crippen LogP contribution < -0.4 is 10.6 Å². The number of carbonyl (C=O) groups is 1. The number of furan rings is 2. The molecular formula is C24H14Cl2N2O3S. The number of anilines is 1. The molecule has 0 saturated carbocycles. The fraction of sp³-hybridized carbons (Fsp3) is 0. The molecule has 8 heteroatoms. The Hall–Kier alpha value is -3.32. The summed E-state index contributed by atoms with van der Waals surface area (Å²) >= 11 is 17.6. The molecule has 0 radical (unpaired) electrons. The zero-order chi connectivity index (χ0) is 22.2. The predicted octanol–water partition coefficient (Wildman–Crippen LogP) is 7.28. The number of halogens is 2. The van der Waals surface area contributed by atoms with Crippen LogP contribution in [0.4, 0.5) is 5.69 Å². The second-order valence-electron chi connectivity index (χ2n) is 6.98. The van der Waals surface area contributed by atoms with Gasteiger partial charge in [0.2, 0.25) is 0 Å². The minimum atomic E-state index is -0.489. The minimum absolute atomic E-state index is 0.0907. The van der Waals surface area contributed by atoms with E-state index in [0.29, 0.717) is 27.1 Å². The van der Waals surface area contributed by atoms with Gasteiger partial charge in [0, 0.05) is 28.1 Å². The van der Waals surface area contributed by atoms with Crippen molar-refractivity contribution in [2.24, 2.45) is 0 Å². The van der Waals surface area contributed by atoms with E-state index in [4.69, 9.17) is 44.3 Å². The summed E-state index contributed by atoms with van der Waals surface area (Å²) in [5, 5.41) is 8.53. The quantitative estimate of drug-likeness (QED) is 0.265. The minimum Gasteiger partial charge on any atom is -0.456 e. The fourth-order valence-corrected chi connectivity index (χ4v) is 4.03. The third-order valence-corrected chi connectivity index (χ3v) is 5.93. The van der Waals surface area contributed by atoms with Crippen molar-refractivity contribution in [3.05, 3.63) is 88.6 Å². The van der Waals surface area contributed by atoms with Crippen LogP contribution in [0.15, 0.2) is 81.6 Å². The van der Waals surface area contributed by atoms with Gasteiger partial charge in [-0.1, -0.05) is 47.5 Å². The highest BCUT2D eigenvalue weighted by Gasteiger charge is 2.16. The van der Waals surface area contributed by atoms with Crippen LogP contribution in [0.5, 0.6) is 0 Å². The number of para-hydroxylation sites is 1. The highest BCUT2D eigenvalue weighted by atomic mass is 35.5. The first kappa shape index (κ1) is 20.6. The lowest BCUT2D eigenvalue weighted by molar-refractivity contribution is 0.0951. The van der Waals surface area contributed by atoms with Crippen LogP contribution in [0, 0.1) is 0 Å². The number of hydrogen-bond donors (Lipinski definition) is 2. The van der Waals surface area contributed by atoms with Gasteiger partial charge in [-0.15, -0.1) is 0 Å². The molecule has 0 saturated heterocycles. The molecule has 3 aromatic carbocycles. The Morgan fingerprint density at radius 3 is 2.53 bits per heavy atom. The van der Waals surface area contributed by atoms with Gasteiger partial charge in [0.25, 0.3) is 5.91 Å². The van der Waals surface area contributed by atoms with Gasteiger partial charge < -0.3 is 14.2 Å². The van der Waals surface area contributed by atoms with Crippen molar-refractivity contribution in [1.29, 1.82) is 0 Å². The maximum Gasteiger partial charge on any atom is 0.293 e. The average molecular weight is 481 g/mol. The highest BCUT2D eigenvalue weighted by molar-refractivity contribution is 7.80. The van der Waals surface area contributed by atoms with Gasteiger partial charge in [0.15, 0.2) is 10.9 Å². The van der Waals surface area contributed by atoms with Crippen LogP contribution in [-0.4, -0.2) is 11.0 Å². The zero-order valence-electron chi connectivity index (χ0n) is 16.3. The largest absolute Gasteiger partial charge is 0.456 e. The van der Waals surface area contributed by atoms with Crippen LogP contribution in [0.1, 0.15) is 10.6 Å². The Balaban J connectivity index is 1.30. The number of carbonyl (C=O) groups excluding carboxylic acids is 1. The van der Waals surface area contributed by atoms with E-state index in [9.17, 15) is 4.79 Å². The van der Waals surface area contributed by atoms with Gasteiger partial charge in [-0.3, -0.25) is 10.1 Å². The summed E-state index contributed by atoms with van der Waals surface area (Å²) in [6, 6.07) is 21.9. The van der Waals surface area contributed by atoms with Gasteiger partial charge in [-0.25, -0.2) is 0 Å². The molecule has 158 valence electrons. The molecule has 0 spiro atoms. The van der Waals surface area contributed by atoms with Gasteiger partial charge in [0.05, 0.1) is 10.0 Å². The van der Waals surface area contributed by atoms with Crippen molar-refractivity contribution in [3.63, 3.8) is 0 Å². The van der Waals surface area contributed by atoms with Crippen molar-refractivity contribution < 1.29 is 13.6 Å². The van der Waals surface area contributed by atoms with E-state index in [0.717, 1.165) is 21.9 Å². The molecule has 0 aliphatic carbocycles. The topological polar surface area (TPSA) is 67.4 Å². The molecular weight excluding hydrogens is 467 g/mol. The normalized spacial score (nSPS) is 11.1. The van der Waals surface area contributed by atoms with E-state index in [1.54, 1.807) is 30.3 Å². The van der Waals surface area contributed by atoms with Crippen molar-refractivity contribution in [2.75, 3.05) is 5.32 Å². The molecule has 0 aliphatic rings. The van der Waals surface area contributed by atoms with E-state index < -0.39 is 5.91 Å². The average Bonchev–Trinajstić information content (AvgIpc) is 3.40. The number of amides is 1. The Morgan fingerprint density at radius 1 is 0.844 bits per heavy atom. The van der Waals surface area contributed by atoms with Crippen molar-refractivity contribution in [2.45, 2.75) is 0 Å². The number of rotatable bonds is 3. The summed E-state index contributed by atoms with van der Waals surface area (Å²) in [5.41, 5.74) is 2.81. The molecule has 0 atom stereocenters. The molecule has 1 amide bonds. The monoisotopic (exact) mass is 480 g/mol. The van der Waals surface area contributed by atoms with Crippen LogP contribution in [0.3, 0.4) is 0 Å². The van der Waals surface area contributed by atoms with Gasteiger partial charge in [-0.2, -0.15) is 0 Å². The number of benzene rings is 3. The standard InChI is InChI=1S/C24H14Cl2N2O3S/c25-17-6-3-5-16(22(17)26)19-10-11-20(30-19)23(29)28-24(32)27-13-8-9-15-14-4-1-2-7-18(14)31-21(15)12-13/h1-12H,(H2,27,28,29,32). The summed E-state index contributed by atoms with van der Waals surface area (Å²) in [7, 11) is 0. The van der Waals surface area contributed by atoms with Crippen LogP contribution in [0.2, 0.25) is 10.0 Å². The van der Waals surface area contributed by atoms with Gasteiger partial charge in [0.1, 0.15) is 16.9 Å². The number of thiocarbonyl (C=S) groups is 1. The van der Waals surface area contributed by atoms with E-state index in [-0.39, 0.29) is 10.9 Å². The smallest absolute Gasteiger partial charge is 0.293 e. The van der Waals surface area contributed by atoms with Gasteiger partial charge >= 0.3 is 0 Å². The summed E-state index contributed by atoms with van der Waals surface area (Å²) < 4.78 is 11.5. The fourth-order valence-electron chi connectivity index (χ4n) is 3.43. The Kier molecular flexibility index (Phi) is 5.35. The number of nitrogens with one attached hydrogen (secondary N) is 2. The van der Waals surface area contributed by atoms with Crippen molar-refractivity contribution >= 4 is 74.1 Å². The van der Waals surface area contributed by atoms with Crippen LogP contribution in [0.25, 0.3) is 33.3 Å². The maximum atomic E-state index is 12.6. The SMILES string of the molecule is O=C(NC(=S)Nc1ccc2c(c1)oc1ccccc12)c1ccc(-c2cccc(Cl)c2Cl)o1. The Morgan fingerprint density at radius 2 is 1.66 bits per heavy atom. The summed E-state index contributed by atoms with van der Waals surface area (Å²) in [5.74, 6) is 0.0292. The second-order valence-corrected chi connectivity index (χ2v) is 8.18. The maximum absolute atomic E-state index is 12.6. The molecule has 32 heavy (non-hydrogen) atoms. The molecule has 0 unspecified atom stereocenters. The number of fused-ring (bicyclic) bond motifs is 3. The summed E-state index contributed by atoms with van der Waals surface area (Å²) in [6.45, 7) is 0. The van der Waals surface area contributed by atoms with Crippen molar-refractivity contribution in [3.8, 4) is 11.3 Å². The highest BCUT2D eigenvalue weighted by Crippen LogP contribution is 2.34. The molecule has 5 rings (SSSR count). The first-order valence-corrected chi connectivity index (χ1v) is 10.7. The molecule has 2 aromatic heterocycles. The lowest BCUT2D eigenvalue weighted by atomic mass is 10.1. The second kappa shape index (κ2) is 8.31. The summed E-state index contributed by atoms with van der Waals surface area (Å²) in [6.07, 6.45) is 0. The molecule has 0 fully saturated rings. The zero-order valence-corrected chi connectivity index (χ0v) is 18.6. The van der Waals surface area contributed by atoms with Gasteiger partial charge in [-0.05, 0) is 54.7 Å². The number of hydrogen-bond acceptors (Lipinski definition) is 4. The Labute approximate surface area is 197 Å². The molecule has 5 nitrogen and oxygen atoms in total. The predicted molar refractivity (Wildman–Crippen MR) is 132 cm³/mol. The van der Waals surface area contributed by atoms with E-state index in [1.807, 2.05) is 42.5 Å². The van der Waals surface area contributed by atoms with Crippen LogP contribution >= 0.6 is 35.4 Å². The first-order chi connectivity index (χ1) is 15.5. The van der Waals surface area contributed by atoms with Crippen molar-refractivity contribution in [1.82, 2.24) is 5.32 Å². The third-order valence-electron chi connectivity index (χ3n) is 4.91. The lowest BCUT2D eigenvalue weighted by Gasteiger charge is -2.08. The molecule has 2 heterocycles. The third kappa shape index (κ3) is 3.84. The van der Waals surface area contributed by atoms with Crippen LogP contribution in [-0.2, 0) is 0 Å². The molecule has 2 N–H and O–H groups in total. The first-order valence-electron chi connectivity index (χ1n) is 9.57. The lowest BCUT2D eigenvalue weighted by Crippen LogP contribution is -2.33. The molecule has 0 aliphatic heterocycles. The van der Waals surface area contributed by atoms with E-state index in [2.05, 4.69) is 10.6 Å². The Bertz CT molecular complexity index is 1510. The van der Waals surface area contributed by atoms with E-state index >= 15 is 0 Å². The summed E-state index contributed by atoms with van der Waals surface area (Å²) in [4.78, 5) is 12.6. The molecule has 0 bridgehead atoms.